The normalized spacial score (nSPS) is 12.7. The fourth-order valence-corrected chi connectivity index (χ4v) is 1.82. The second-order valence-corrected chi connectivity index (χ2v) is 5.25. The molecule has 0 aliphatic rings. The van der Waals surface area contributed by atoms with E-state index in [1.807, 2.05) is 6.92 Å². The summed E-state index contributed by atoms with van der Waals surface area (Å²) in [6.07, 6.45) is 0.784. The first-order chi connectivity index (χ1) is 9.45. The van der Waals surface area contributed by atoms with E-state index in [1.54, 1.807) is 13.0 Å². The van der Waals surface area contributed by atoms with Crippen LogP contribution in [-0.4, -0.2) is 26.2 Å². The van der Waals surface area contributed by atoms with Crippen molar-refractivity contribution in [2.24, 2.45) is 5.92 Å². The maximum absolute atomic E-state index is 12.0. The summed E-state index contributed by atoms with van der Waals surface area (Å²) in [5, 5.41) is 13.4. The first-order valence-electron chi connectivity index (χ1n) is 6.61. The van der Waals surface area contributed by atoms with Crippen LogP contribution in [0.4, 0.5) is 0 Å². The highest BCUT2D eigenvalue weighted by Gasteiger charge is 2.18. The van der Waals surface area contributed by atoms with Gasteiger partial charge < -0.3 is 9.84 Å². The fraction of sp³-hybridized carbons (Fsp3) is 0.538. The molecule has 7 nitrogen and oxygen atoms in total. The predicted octanol–water partition coefficient (Wildman–Crippen LogP) is 1.79. The molecule has 108 valence electrons. The molecule has 0 aliphatic heterocycles. The van der Waals surface area contributed by atoms with Gasteiger partial charge in [-0.05, 0) is 26.2 Å². The number of rotatable bonds is 5. The predicted molar refractivity (Wildman–Crippen MR) is 72.0 cm³/mol. The van der Waals surface area contributed by atoms with E-state index in [4.69, 9.17) is 4.52 Å². The zero-order chi connectivity index (χ0) is 14.7. The van der Waals surface area contributed by atoms with Crippen LogP contribution >= 0.6 is 0 Å². The summed E-state index contributed by atoms with van der Waals surface area (Å²) in [5.41, 5.74) is 0.784. The molecule has 0 spiro atoms. The lowest BCUT2D eigenvalue weighted by Crippen LogP contribution is -2.27. The number of nitrogens with one attached hydrogen (secondary N) is 2. The molecule has 1 amide bonds. The Labute approximate surface area is 117 Å². The van der Waals surface area contributed by atoms with Crippen LogP contribution in [-0.2, 0) is 6.42 Å². The van der Waals surface area contributed by atoms with E-state index >= 15 is 0 Å². The van der Waals surface area contributed by atoms with Gasteiger partial charge in [0.05, 0.1) is 11.7 Å². The lowest BCUT2D eigenvalue weighted by Gasteiger charge is -2.07. The minimum absolute atomic E-state index is 0.208. The number of aromatic nitrogens is 4. The molecule has 1 atom stereocenters. The Balaban J connectivity index is 1.99. The number of H-pyrrole nitrogens is 1. The number of hydrogen-bond acceptors (Lipinski definition) is 5. The van der Waals surface area contributed by atoms with Gasteiger partial charge in [-0.3, -0.25) is 9.89 Å². The Morgan fingerprint density at radius 2 is 2.20 bits per heavy atom. The van der Waals surface area contributed by atoms with Crippen LogP contribution in [0.3, 0.4) is 0 Å². The molecule has 0 aromatic carbocycles. The Bertz CT molecular complexity index is 587. The van der Waals surface area contributed by atoms with Gasteiger partial charge in [-0.2, -0.15) is 5.10 Å². The Morgan fingerprint density at radius 1 is 1.45 bits per heavy atom. The largest absolute Gasteiger partial charge is 0.351 e. The third-order valence-corrected chi connectivity index (χ3v) is 2.75. The summed E-state index contributed by atoms with van der Waals surface area (Å²) in [5.74, 6) is 1.60. The fourth-order valence-electron chi connectivity index (χ4n) is 1.82. The highest BCUT2D eigenvalue weighted by molar-refractivity contribution is 5.91. The van der Waals surface area contributed by atoms with Crippen LogP contribution in [0.2, 0.25) is 0 Å². The molecular formula is C13H19N5O2. The minimum atomic E-state index is -0.317. The van der Waals surface area contributed by atoms with Crippen molar-refractivity contribution in [2.45, 2.75) is 40.2 Å². The molecule has 20 heavy (non-hydrogen) atoms. The lowest BCUT2D eigenvalue weighted by atomic mass is 10.1. The summed E-state index contributed by atoms with van der Waals surface area (Å²) >= 11 is 0. The SMILES string of the molecule is Cc1nc(C(C)NC(=O)c2cc(CC(C)C)no2)n[nH]1. The van der Waals surface area contributed by atoms with Gasteiger partial charge >= 0.3 is 0 Å². The molecule has 0 saturated heterocycles. The van der Waals surface area contributed by atoms with Crippen LogP contribution in [0.15, 0.2) is 10.6 Å². The average molecular weight is 277 g/mol. The topological polar surface area (TPSA) is 96.7 Å². The molecule has 2 aromatic rings. The van der Waals surface area contributed by atoms with Crippen molar-refractivity contribution in [3.63, 3.8) is 0 Å². The van der Waals surface area contributed by atoms with E-state index in [-0.39, 0.29) is 17.7 Å². The van der Waals surface area contributed by atoms with Gasteiger partial charge in [0.2, 0.25) is 5.76 Å². The van der Waals surface area contributed by atoms with E-state index in [0.717, 1.165) is 12.1 Å². The molecule has 1 unspecified atom stereocenters. The number of carbonyl (C=O) groups excluding carboxylic acids is 1. The Morgan fingerprint density at radius 3 is 2.80 bits per heavy atom. The smallest absolute Gasteiger partial charge is 0.290 e. The summed E-state index contributed by atoms with van der Waals surface area (Å²) in [6.45, 7) is 7.79. The molecule has 2 N–H and O–H groups in total. The van der Waals surface area contributed by atoms with Crippen molar-refractivity contribution in [3.8, 4) is 0 Å². The summed E-state index contributed by atoms with van der Waals surface area (Å²) < 4.78 is 5.06. The van der Waals surface area contributed by atoms with Gasteiger partial charge in [0.1, 0.15) is 5.82 Å². The molecule has 2 heterocycles. The van der Waals surface area contributed by atoms with Crippen molar-refractivity contribution >= 4 is 5.91 Å². The first kappa shape index (κ1) is 14.2. The maximum Gasteiger partial charge on any atom is 0.290 e. The van der Waals surface area contributed by atoms with Crippen LogP contribution in [0.1, 0.15) is 54.7 Å². The van der Waals surface area contributed by atoms with E-state index in [0.29, 0.717) is 17.6 Å². The molecular weight excluding hydrogens is 258 g/mol. The van der Waals surface area contributed by atoms with Crippen molar-refractivity contribution < 1.29 is 9.32 Å². The van der Waals surface area contributed by atoms with E-state index < -0.39 is 0 Å². The van der Waals surface area contributed by atoms with Gasteiger partial charge in [0, 0.05) is 6.07 Å². The van der Waals surface area contributed by atoms with Gasteiger partial charge in [0.25, 0.3) is 5.91 Å². The van der Waals surface area contributed by atoms with Crippen molar-refractivity contribution in [3.05, 3.63) is 29.2 Å². The maximum atomic E-state index is 12.0. The number of aromatic amines is 1. The molecule has 7 heteroatoms. The zero-order valence-electron chi connectivity index (χ0n) is 12.1. The monoisotopic (exact) mass is 277 g/mol. The highest BCUT2D eigenvalue weighted by atomic mass is 16.5. The summed E-state index contributed by atoms with van der Waals surface area (Å²) in [4.78, 5) is 16.2. The zero-order valence-corrected chi connectivity index (χ0v) is 12.1. The molecule has 2 aromatic heterocycles. The molecule has 0 aliphatic carbocycles. The number of nitrogens with zero attached hydrogens (tertiary/aromatic N) is 3. The van der Waals surface area contributed by atoms with E-state index in [1.165, 1.54) is 0 Å². The van der Waals surface area contributed by atoms with Gasteiger partial charge in [-0.25, -0.2) is 4.98 Å². The number of aryl methyl sites for hydroxylation is 1. The van der Waals surface area contributed by atoms with E-state index in [2.05, 4.69) is 39.5 Å². The third-order valence-electron chi connectivity index (χ3n) is 2.75. The lowest BCUT2D eigenvalue weighted by molar-refractivity contribution is 0.0901. The highest BCUT2D eigenvalue weighted by Crippen LogP contribution is 2.11. The van der Waals surface area contributed by atoms with E-state index in [9.17, 15) is 4.79 Å². The molecule has 0 fully saturated rings. The van der Waals surface area contributed by atoms with Crippen molar-refractivity contribution in [2.75, 3.05) is 0 Å². The number of carbonyl (C=O) groups is 1. The number of hydrogen-bond donors (Lipinski definition) is 2. The van der Waals surface area contributed by atoms with Crippen molar-refractivity contribution in [1.29, 1.82) is 0 Å². The first-order valence-corrected chi connectivity index (χ1v) is 6.61. The van der Waals surface area contributed by atoms with Crippen molar-refractivity contribution in [1.82, 2.24) is 25.7 Å². The second kappa shape index (κ2) is 5.85. The summed E-state index contributed by atoms with van der Waals surface area (Å²) in [7, 11) is 0. The molecule has 2 rings (SSSR count). The van der Waals surface area contributed by atoms with Gasteiger partial charge in [-0.1, -0.05) is 19.0 Å². The minimum Gasteiger partial charge on any atom is -0.351 e. The quantitative estimate of drug-likeness (QED) is 0.868. The second-order valence-electron chi connectivity index (χ2n) is 5.25. The van der Waals surface area contributed by atoms with Gasteiger partial charge in [-0.15, -0.1) is 0 Å². The van der Waals surface area contributed by atoms with Crippen LogP contribution in [0, 0.1) is 12.8 Å². The average Bonchev–Trinajstić information content (AvgIpc) is 2.97. The van der Waals surface area contributed by atoms with Gasteiger partial charge in [0.15, 0.2) is 5.82 Å². The molecule has 0 bridgehead atoms. The summed E-state index contributed by atoms with van der Waals surface area (Å²) in [6, 6.07) is 1.37. The van der Waals surface area contributed by atoms with Crippen LogP contribution < -0.4 is 5.32 Å². The molecule has 0 radical (unpaired) electrons. The third kappa shape index (κ3) is 3.43. The van der Waals surface area contributed by atoms with Crippen LogP contribution in [0.5, 0.6) is 0 Å². The standard InChI is InChI=1S/C13H19N5O2/c1-7(2)5-10-6-11(20-18-10)13(19)14-8(3)12-15-9(4)16-17-12/h6-8H,5H2,1-4H3,(H,14,19)(H,15,16,17). The Kier molecular flexibility index (Phi) is 4.16. The van der Waals surface area contributed by atoms with Crippen LogP contribution in [0.25, 0.3) is 0 Å². The Hall–Kier alpha value is -2.18. The molecule has 0 saturated carbocycles. The number of amides is 1.